The lowest BCUT2D eigenvalue weighted by Crippen LogP contribution is -2.41. The van der Waals surface area contributed by atoms with Crippen LogP contribution in [-0.4, -0.2) is 40.7 Å². The molecule has 0 radical (unpaired) electrons. The van der Waals surface area contributed by atoms with Crippen LogP contribution in [0.1, 0.15) is 39.7 Å². The van der Waals surface area contributed by atoms with Crippen LogP contribution in [0.3, 0.4) is 0 Å². The van der Waals surface area contributed by atoms with E-state index in [1.54, 1.807) is 0 Å². The number of amides is 2. The van der Waals surface area contributed by atoms with Gasteiger partial charge in [-0.1, -0.05) is 48.5 Å². The van der Waals surface area contributed by atoms with Crippen molar-refractivity contribution in [3.05, 3.63) is 77.5 Å². The number of carbonyl (C=O) groups is 3. The maximum atomic E-state index is 12.4. The summed E-state index contributed by atoms with van der Waals surface area (Å²) >= 11 is 0. The molecule has 9 heteroatoms. The molecule has 2 aromatic carbocycles. The zero-order chi connectivity index (χ0) is 24.1. The van der Waals surface area contributed by atoms with Gasteiger partial charge in [0.2, 0.25) is 0 Å². The van der Waals surface area contributed by atoms with Gasteiger partial charge in [0.05, 0.1) is 6.54 Å². The van der Waals surface area contributed by atoms with E-state index in [1.165, 1.54) is 0 Å². The summed E-state index contributed by atoms with van der Waals surface area (Å²) < 4.78 is 10.6. The van der Waals surface area contributed by atoms with E-state index in [-0.39, 0.29) is 36.9 Å². The number of ether oxygens (including phenoxy) is 1. The van der Waals surface area contributed by atoms with Gasteiger partial charge in [0.15, 0.2) is 17.8 Å². The average Bonchev–Trinajstić information content (AvgIpc) is 3.44. The van der Waals surface area contributed by atoms with Crippen LogP contribution in [0.4, 0.5) is 4.79 Å². The molecule has 172 valence electrons. The van der Waals surface area contributed by atoms with Gasteiger partial charge >= 0.3 is 12.1 Å². The Kier molecular flexibility index (Phi) is 6.59. The quantitative estimate of drug-likeness (QED) is 0.442. The van der Waals surface area contributed by atoms with Crippen molar-refractivity contribution in [1.29, 1.82) is 0 Å². The first-order chi connectivity index (χ1) is 16.5. The molecule has 1 unspecified atom stereocenters. The molecule has 0 aliphatic heterocycles. The molecule has 3 aromatic rings. The largest absolute Gasteiger partial charge is 0.480 e. The molecule has 0 saturated heterocycles. The van der Waals surface area contributed by atoms with Gasteiger partial charge in [0.25, 0.3) is 5.91 Å². The lowest BCUT2D eigenvalue weighted by Gasteiger charge is -2.14. The number of hydrogen-bond acceptors (Lipinski definition) is 6. The van der Waals surface area contributed by atoms with E-state index in [4.69, 9.17) is 20.7 Å². The highest BCUT2D eigenvalue weighted by Crippen LogP contribution is 2.44. The number of hydrogen-bond donors (Lipinski definition) is 3. The number of oxazole rings is 1. The van der Waals surface area contributed by atoms with E-state index in [0.29, 0.717) is 0 Å². The van der Waals surface area contributed by atoms with Crippen LogP contribution in [-0.2, 0) is 16.1 Å². The summed E-state index contributed by atoms with van der Waals surface area (Å²) in [6, 6.07) is 14.7. The molecule has 0 saturated carbocycles. The molecule has 1 aliphatic carbocycles. The Balaban J connectivity index is 1.36. The Morgan fingerprint density at radius 1 is 1.12 bits per heavy atom. The van der Waals surface area contributed by atoms with Crippen molar-refractivity contribution < 1.29 is 28.6 Å². The number of terminal acetylenes is 1. The minimum Gasteiger partial charge on any atom is -0.480 e. The van der Waals surface area contributed by atoms with Crippen LogP contribution in [0.5, 0.6) is 0 Å². The van der Waals surface area contributed by atoms with Gasteiger partial charge in [-0.2, -0.15) is 0 Å². The second-order valence-electron chi connectivity index (χ2n) is 7.58. The monoisotopic (exact) mass is 459 g/mol. The van der Waals surface area contributed by atoms with Gasteiger partial charge in [-0.15, -0.1) is 12.3 Å². The number of aliphatic carboxylic acids is 1. The number of nitrogens with one attached hydrogen (secondary N) is 2. The smallest absolute Gasteiger partial charge is 0.407 e. The summed E-state index contributed by atoms with van der Waals surface area (Å²) in [7, 11) is 0. The van der Waals surface area contributed by atoms with E-state index in [9.17, 15) is 14.4 Å². The van der Waals surface area contributed by atoms with Crippen LogP contribution in [0.2, 0.25) is 0 Å². The number of benzene rings is 2. The number of carboxylic acid groups (broad SMARTS) is 1. The molecule has 1 atom stereocenters. The first kappa shape index (κ1) is 22.6. The number of alkyl carbamates (subject to hydrolysis) is 1. The highest BCUT2D eigenvalue weighted by atomic mass is 16.5. The van der Waals surface area contributed by atoms with Crippen molar-refractivity contribution in [3.63, 3.8) is 0 Å². The van der Waals surface area contributed by atoms with Gasteiger partial charge in [-0.3, -0.25) is 4.79 Å². The molecule has 4 rings (SSSR count). The minimum absolute atomic E-state index is 0.0517. The molecule has 3 N–H and O–H groups in total. The third kappa shape index (κ3) is 4.61. The molecule has 0 spiro atoms. The maximum absolute atomic E-state index is 12.4. The topological polar surface area (TPSA) is 131 Å². The Morgan fingerprint density at radius 3 is 2.38 bits per heavy atom. The fourth-order valence-corrected chi connectivity index (χ4v) is 3.93. The minimum atomic E-state index is -1.27. The molecular weight excluding hydrogens is 438 g/mol. The lowest BCUT2D eigenvalue weighted by molar-refractivity contribution is -0.139. The summed E-state index contributed by atoms with van der Waals surface area (Å²) in [4.78, 5) is 39.8. The molecule has 0 fully saturated rings. The Morgan fingerprint density at radius 2 is 1.76 bits per heavy atom. The van der Waals surface area contributed by atoms with Crippen LogP contribution in [0.15, 0.2) is 59.3 Å². The predicted octanol–water partition coefficient (Wildman–Crippen LogP) is 2.92. The summed E-state index contributed by atoms with van der Waals surface area (Å²) in [6.07, 6.45) is 5.28. The molecule has 9 nitrogen and oxygen atoms in total. The summed E-state index contributed by atoms with van der Waals surface area (Å²) in [5.74, 6) is 0.107. The Hall–Kier alpha value is -4.58. The van der Waals surface area contributed by atoms with Crippen LogP contribution < -0.4 is 10.6 Å². The summed E-state index contributed by atoms with van der Waals surface area (Å²) in [6.45, 7) is -0.0394. The fourth-order valence-electron chi connectivity index (χ4n) is 3.93. The standard InChI is InChI=1S/C25H21N3O6/c1-2-7-20(24(30)31)28-23(29)22-21(34-14-27-22)12-26-25(32)33-13-19-17-10-5-3-8-15(17)16-9-4-6-11-18(16)19/h1,3-6,8-11,14,19-20H,7,12-13H2,(H,26,32)(H,28,29)(H,30,31). The first-order valence-electron chi connectivity index (χ1n) is 10.5. The molecular formula is C25H21N3O6. The van der Waals surface area contributed by atoms with Crippen molar-refractivity contribution in [3.8, 4) is 23.5 Å². The third-order valence-corrected chi connectivity index (χ3v) is 5.52. The highest BCUT2D eigenvalue weighted by molar-refractivity contribution is 5.95. The maximum Gasteiger partial charge on any atom is 0.407 e. The fraction of sp³-hybridized carbons (Fsp3) is 0.200. The lowest BCUT2D eigenvalue weighted by atomic mass is 9.98. The van der Waals surface area contributed by atoms with Crippen LogP contribution in [0, 0.1) is 12.3 Å². The summed E-state index contributed by atoms with van der Waals surface area (Å²) in [5.41, 5.74) is 4.27. The third-order valence-electron chi connectivity index (χ3n) is 5.52. The number of nitrogens with zero attached hydrogens (tertiary/aromatic N) is 1. The van der Waals surface area contributed by atoms with Crippen molar-refractivity contribution in [1.82, 2.24) is 15.6 Å². The molecule has 1 aliphatic rings. The van der Waals surface area contributed by atoms with E-state index < -0.39 is 24.0 Å². The zero-order valence-electron chi connectivity index (χ0n) is 18.0. The molecule has 1 aromatic heterocycles. The summed E-state index contributed by atoms with van der Waals surface area (Å²) in [5, 5.41) is 14.0. The van der Waals surface area contributed by atoms with Crippen molar-refractivity contribution >= 4 is 18.0 Å². The Bertz CT molecular complexity index is 1230. The van der Waals surface area contributed by atoms with Crippen molar-refractivity contribution in [2.24, 2.45) is 0 Å². The second kappa shape index (κ2) is 9.92. The zero-order valence-corrected chi connectivity index (χ0v) is 18.0. The van der Waals surface area contributed by atoms with Gasteiger partial charge < -0.3 is 24.9 Å². The molecule has 0 bridgehead atoms. The normalized spacial score (nSPS) is 12.7. The van der Waals surface area contributed by atoms with E-state index in [1.807, 2.05) is 48.5 Å². The number of carboxylic acids is 1. The van der Waals surface area contributed by atoms with Gasteiger partial charge in [-0.25, -0.2) is 14.6 Å². The molecule has 34 heavy (non-hydrogen) atoms. The molecule has 2 amide bonds. The second-order valence-corrected chi connectivity index (χ2v) is 7.58. The van der Waals surface area contributed by atoms with Crippen molar-refractivity contribution in [2.45, 2.75) is 24.9 Å². The van der Waals surface area contributed by atoms with Gasteiger partial charge in [-0.05, 0) is 22.3 Å². The number of rotatable bonds is 8. The number of carbonyl (C=O) groups excluding carboxylic acids is 2. The highest BCUT2D eigenvalue weighted by Gasteiger charge is 2.29. The Labute approximate surface area is 195 Å². The van der Waals surface area contributed by atoms with E-state index in [0.717, 1.165) is 28.6 Å². The van der Waals surface area contributed by atoms with E-state index in [2.05, 4.69) is 21.5 Å². The molecule has 1 heterocycles. The number of aromatic nitrogens is 1. The first-order valence-corrected chi connectivity index (χ1v) is 10.5. The van der Waals surface area contributed by atoms with Gasteiger partial charge in [0, 0.05) is 12.3 Å². The van der Waals surface area contributed by atoms with Crippen LogP contribution >= 0.6 is 0 Å². The van der Waals surface area contributed by atoms with Crippen molar-refractivity contribution in [2.75, 3.05) is 6.61 Å². The van der Waals surface area contributed by atoms with Crippen LogP contribution in [0.25, 0.3) is 11.1 Å². The van der Waals surface area contributed by atoms with Gasteiger partial charge in [0.1, 0.15) is 12.6 Å². The van der Waals surface area contributed by atoms with E-state index >= 15 is 0 Å². The SMILES string of the molecule is C#CCC(NC(=O)c1ncoc1CNC(=O)OCC1c2ccccc2-c2ccccc21)C(=O)O. The predicted molar refractivity (Wildman–Crippen MR) is 121 cm³/mol. The average molecular weight is 459 g/mol. The number of fused-ring (bicyclic) bond motifs is 3.